The first-order chi connectivity index (χ1) is 13.6. The van der Waals surface area contributed by atoms with Crippen molar-refractivity contribution in [3.05, 3.63) is 53.5 Å². The van der Waals surface area contributed by atoms with Crippen LogP contribution in [-0.2, 0) is 4.74 Å². The van der Waals surface area contributed by atoms with E-state index < -0.39 is 6.09 Å². The van der Waals surface area contributed by atoms with E-state index in [9.17, 15) is 9.59 Å². The summed E-state index contributed by atoms with van der Waals surface area (Å²) in [6, 6.07) is 14.8. The molecule has 4 rings (SSSR count). The van der Waals surface area contributed by atoms with E-state index >= 15 is 0 Å². The number of para-hydroxylation sites is 1. The summed E-state index contributed by atoms with van der Waals surface area (Å²) in [7, 11) is 1.31. The highest BCUT2D eigenvalue weighted by molar-refractivity contribution is 7.18. The average molecular weight is 396 g/mol. The number of amides is 3. The second kappa shape index (κ2) is 7.85. The molecule has 1 aliphatic rings. The molecule has 2 heterocycles. The minimum atomic E-state index is -0.535. The Hall–Kier alpha value is -3.13. The van der Waals surface area contributed by atoms with Gasteiger partial charge in [-0.3, -0.25) is 5.32 Å². The van der Waals surface area contributed by atoms with Crippen LogP contribution >= 0.6 is 11.3 Å². The number of aromatic nitrogens is 1. The van der Waals surface area contributed by atoms with Crippen molar-refractivity contribution in [1.29, 1.82) is 0 Å². The Morgan fingerprint density at radius 2 is 1.82 bits per heavy atom. The van der Waals surface area contributed by atoms with Crippen LogP contribution < -0.4 is 10.6 Å². The first-order valence-electron chi connectivity index (χ1n) is 9.02. The average Bonchev–Trinajstić information content (AvgIpc) is 3.36. The van der Waals surface area contributed by atoms with E-state index in [0.29, 0.717) is 17.9 Å². The summed E-state index contributed by atoms with van der Waals surface area (Å²) in [6.07, 6.45) is 1.33. The van der Waals surface area contributed by atoms with Gasteiger partial charge in [0.1, 0.15) is 5.01 Å². The van der Waals surface area contributed by atoms with Crippen LogP contribution in [0.2, 0.25) is 0 Å². The highest BCUT2D eigenvalue weighted by Crippen LogP contribution is 2.36. The summed E-state index contributed by atoms with van der Waals surface area (Å²) < 4.78 is 5.70. The Morgan fingerprint density at radius 3 is 2.54 bits per heavy atom. The largest absolute Gasteiger partial charge is 0.453 e. The molecule has 3 amide bonds. The zero-order valence-electron chi connectivity index (χ0n) is 15.3. The van der Waals surface area contributed by atoms with Gasteiger partial charge in [-0.25, -0.2) is 14.6 Å². The van der Waals surface area contributed by atoms with Crippen LogP contribution in [0.25, 0.3) is 10.2 Å². The molecular weight excluding hydrogens is 376 g/mol. The van der Waals surface area contributed by atoms with Crippen molar-refractivity contribution >= 4 is 45.1 Å². The molecule has 28 heavy (non-hydrogen) atoms. The maximum absolute atomic E-state index is 12.8. The van der Waals surface area contributed by atoms with Crippen LogP contribution in [0.1, 0.15) is 23.9 Å². The molecule has 0 radical (unpaired) electrons. The highest BCUT2D eigenvalue weighted by atomic mass is 32.1. The molecular formula is C20H20N4O3S. The van der Waals surface area contributed by atoms with E-state index in [0.717, 1.165) is 28.1 Å². The Bertz CT molecular complexity index is 969. The summed E-state index contributed by atoms with van der Waals surface area (Å²) >= 11 is 1.65. The van der Waals surface area contributed by atoms with Crippen molar-refractivity contribution in [2.24, 2.45) is 0 Å². The lowest BCUT2D eigenvalue weighted by molar-refractivity contribution is 0.187. The molecule has 1 aliphatic heterocycles. The minimum Gasteiger partial charge on any atom is -0.453 e. The van der Waals surface area contributed by atoms with E-state index in [4.69, 9.17) is 4.98 Å². The number of carbonyl (C=O) groups is 2. The van der Waals surface area contributed by atoms with Crippen LogP contribution in [-0.4, -0.2) is 35.7 Å². The number of urea groups is 1. The molecule has 0 spiro atoms. The van der Waals surface area contributed by atoms with Gasteiger partial charge in [-0.2, -0.15) is 0 Å². The fraction of sp³-hybridized carbons (Fsp3) is 0.250. The van der Waals surface area contributed by atoms with Gasteiger partial charge in [0.25, 0.3) is 0 Å². The number of methoxy groups -OCH3 is 1. The number of ether oxygens (including phenoxy) is 1. The first kappa shape index (κ1) is 18.2. The zero-order valence-corrected chi connectivity index (χ0v) is 16.2. The number of rotatable bonds is 3. The van der Waals surface area contributed by atoms with Gasteiger partial charge in [-0.1, -0.05) is 12.1 Å². The summed E-state index contributed by atoms with van der Waals surface area (Å²) in [5.74, 6) is 0. The molecule has 1 atom stereocenters. The minimum absolute atomic E-state index is 0.00216. The number of nitrogens with zero attached hydrogens (tertiary/aromatic N) is 2. The summed E-state index contributed by atoms with van der Waals surface area (Å²) in [5, 5.41) is 6.49. The maximum Gasteiger partial charge on any atom is 0.411 e. The molecule has 7 nitrogen and oxygen atoms in total. The molecule has 3 aromatic rings. The molecule has 8 heteroatoms. The third-order valence-electron chi connectivity index (χ3n) is 4.68. The van der Waals surface area contributed by atoms with Gasteiger partial charge in [0, 0.05) is 17.9 Å². The van der Waals surface area contributed by atoms with Gasteiger partial charge in [-0.15, -0.1) is 11.3 Å². The van der Waals surface area contributed by atoms with Gasteiger partial charge in [0.05, 0.1) is 23.4 Å². The van der Waals surface area contributed by atoms with Crippen molar-refractivity contribution in [2.75, 3.05) is 24.3 Å². The second-order valence-electron chi connectivity index (χ2n) is 6.50. The summed E-state index contributed by atoms with van der Waals surface area (Å²) in [4.78, 5) is 30.6. The molecule has 1 aromatic heterocycles. The van der Waals surface area contributed by atoms with Crippen LogP contribution in [0.15, 0.2) is 48.5 Å². The van der Waals surface area contributed by atoms with Gasteiger partial charge in [-0.05, 0) is 49.2 Å². The third kappa shape index (κ3) is 3.77. The molecule has 0 aliphatic carbocycles. The van der Waals surface area contributed by atoms with Gasteiger partial charge in [0.15, 0.2) is 0 Å². The van der Waals surface area contributed by atoms with Crippen molar-refractivity contribution in [1.82, 2.24) is 9.88 Å². The second-order valence-corrected chi connectivity index (χ2v) is 7.56. The SMILES string of the molecule is COC(=O)Nc1ccc(NC(=O)N2CCCC2c2nc3ccccc3s2)cc1. The van der Waals surface area contributed by atoms with Crippen molar-refractivity contribution in [3.8, 4) is 0 Å². The van der Waals surface area contributed by atoms with E-state index in [2.05, 4.69) is 21.4 Å². The molecule has 2 aromatic carbocycles. The normalized spacial score (nSPS) is 16.2. The van der Waals surface area contributed by atoms with Crippen LogP contribution in [0, 0.1) is 0 Å². The fourth-order valence-corrected chi connectivity index (χ4v) is 4.42. The number of nitrogens with one attached hydrogen (secondary N) is 2. The number of hydrogen-bond donors (Lipinski definition) is 2. The molecule has 0 saturated carbocycles. The number of benzene rings is 2. The monoisotopic (exact) mass is 396 g/mol. The number of likely N-dealkylation sites (tertiary alicyclic amines) is 1. The standard InChI is InChI=1S/C20H20N4O3S/c1-27-20(26)22-14-10-8-13(9-11-14)21-19(25)24-12-4-6-16(24)18-23-15-5-2-3-7-17(15)28-18/h2-3,5,7-11,16H,4,6,12H2,1H3,(H,21,25)(H,22,26). The van der Waals surface area contributed by atoms with Crippen LogP contribution in [0.4, 0.5) is 21.0 Å². The van der Waals surface area contributed by atoms with E-state index in [1.807, 2.05) is 23.1 Å². The molecule has 0 bridgehead atoms. The number of hydrogen-bond acceptors (Lipinski definition) is 5. The lowest BCUT2D eigenvalue weighted by Gasteiger charge is -2.23. The van der Waals surface area contributed by atoms with Crippen LogP contribution in [0.3, 0.4) is 0 Å². The van der Waals surface area contributed by atoms with Gasteiger partial charge >= 0.3 is 12.1 Å². The highest BCUT2D eigenvalue weighted by Gasteiger charge is 2.32. The molecule has 1 saturated heterocycles. The Kier molecular flexibility index (Phi) is 5.12. The molecule has 1 fully saturated rings. The Labute approximate surface area is 166 Å². The first-order valence-corrected chi connectivity index (χ1v) is 9.84. The lowest BCUT2D eigenvalue weighted by Crippen LogP contribution is -2.34. The lowest BCUT2D eigenvalue weighted by atomic mass is 10.2. The quantitative estimate of drug-likeness (QED) is 0.663. The predicted octanol–water partition coefficient (Wildman–Crippen LogP) is 4.84. The Morgan fingerprint density at radius 1 is 1.11 bits per heavy atom. The molecule has 2 N–H and O–H groups in total. The molecule has 1 unspecified atom stereocenters. The predicted molar refractivity (Wildman–Crippen MR) is 110 cm³/mol. The number of anilines is 2. The van der Waals surface area contributed by atoms with E-state index in [-0.39, 0.29) is 12.1 Å². The zero-order chi connectivity index (χ0) is 19.5. The smallest absolute Gasteiger partial charge is 0.411 e. The summed E-state index contributed by atoms with van der Waals surface area (Å²) in [6.45, 7) is 0.703. The summed E-state index contributed by atoms with van der Waals surface area (Å²) in [5.41, 5.74) is 2.23. The van der Waals surface area contributed by atoms with E-state index in [1.54, 1.807) is 35.6 Å². The van der Waals surface area contributed by atoms with Crippen molar-refractivity contribution in [2.45, 2.75) is 18.9 Å². The fourth-order valence-electron chi connectivity index (χ4n) is 3.30. The number of thiazole rings is 1. The van der Waals surface area contributed by atoms with E-state index in [1.165, 1.54) is 7.11 Å². The van der Waals surface area contributed by atoms with Crippen molar-refractivity contribution in [3.63, 3.8) is 0 Å². The molecule has 144 valence electrons. The third-order valence-corrected chi connectivity index (χ3v) is 5.81. The maximum atomic E-state index is 12.8. The number of carbonyl (C=O) groups excluding carboxylic acids is 2. The van der Waals surface area contributed by atoms with Crippen molar-refractivity contribution < 1.29 is 14.3 Å². The van der Waals surface area contributed by atoms with Gasteiger partial charge in [0.2, 0.25) is 0 Å². The van der Waals surface area contributed by atoms with Crippen LogP contribution in [0.5, 0.6) is 0 Å². The topological polar surface area (TPSA) is 83.6 Å². The number of fused-ring (bicyclic) bond motifs is 1. The Balaban J connectivity index is 1.45. The van der Waals surface area contributed by atoms with Gasteiger partial charge < -0.3 is 15.0 Å².